The highest BCUT2D eigenvalue weighted by molar-refractivity contribution is 5.58. The molecule has 5 heteroatoms. The molecule has 1 atom stereocenters. The minimum Gasteiger partial charge on any atom is -0.352 e. The van der Waals surface area contributed by atoms with E-state index in [9.17, 15) is 5.26 Å². The first-order valence-electron chi connectivity index (χ1n) is 7.35. The van der Waals surface area contributed by atoms with E-state index in [1.165, 1.54) is 0 Å². The minimum atomic E-state index is 0.556. The smallest absolute Gasteiger partial charge is 0.169 e. The molecule has 0 saturated carbocycles. The van der Waals surface area contributed by atoms with Crippen molar-refractivity contribution in [2.24, 2.45) is 0 Å². The van der Waals surface area contributed by atoms with E-state index in [4.69, 9.17) is 0 Å². The molecule has 0 aromatic carbocycles. The van der Waals surface area contributed by atoms with Crippen molar-refractivity contribution in [3.8, 4) is 6.07 Å². The number of nitrogens with zero attached hydrogens (tertiary/aromatic N) is 5. The summed E-state index contributed by atoms with van der Waals surface area (Å²) in [6, 6.07) is 2.85. The van der Waals surface area contributed by atoms with Gasteiger partial charge in [-0.1, -0.05) is 13.8 Å². The third kappa shape index (κ3) is 2.61. The van der Waals surface area contributed by atoms with Gasteiger partial charge in [0, 0.05) is 19.1 Å². The Morgan fingerprint density at radius 2 is 2.00 bits per heavy atom. The van der Waals surface area contributed by atoms with E-state index >= 15 is 0 Å². The average molecular weight is 273 g/mol. The van der Waals surface area contributed by atoms with E-state index in [0.29, 0.717) is 11.6 Å². The maximum absolute atomic E-state index is 9.40. The summed E-state index contributed by atoms with van der Waals surface area (Å²) in [6.45, 7) is 12.3. The highest BCUT2D eigenvalue weighted by atomic mass is 15.3. The molecule has 1 saturated heterocycles. The van der Waals surface area contributed by atoms with Gasteiger partial charge in [0.15, 0.2) is 5.82 Å². The predicted octanol–water partition coefficient (Wildman–Crippen LogP) is 1.89. The van der Waals surface area contributed by atoms with E-state index in [-0.39, 0.29) is 0 Å². The van der Waals surface area contributed by atoms with Crippen molar-refractivity contribution in [1.29, 1.82) is 5.26 Å². The molecule has 0 radical (unpaired) electrons. The molecular weight excluding hydrogens is 250 g/mol. The second kappa shape index (κ2) is 6.19. The molecule has 2 heterocycles. The Hall–Kier alpha value is -1.67. The summed E-state index contributed by atoms with van der Waals surface area (Å²) in [5, 5.41) is 17.9. The first-order valence-corrected chi connectivity index (χ1v) is 7.35. The molecule has 1 unspecified atom stereocenters. The van der Waals surface area contributed by atoms with Crippen LogP contribution in [0.1, 0.15) is 37.1 Å². The highest BCUT2D eigenvalue weighted by Crippen LogP contribution is 2.26. The number of aryl methyl sites for hydroxylation is 1. The van der Waals surface area contributed by atoms with Crippen molar-refractivity contribution in [2.45, 2.75) is 40.2 Å². The molecule has 1 aliphatic rings. The van der Waals surface area contributed by atoms with E-state index in [1.54, 1.807) is 0 Å². The van der Waals surface area contributed by atoms with Crippen LogP contribution in [0.2, 0.25) is 0 Å². The Labute approximate surface area is 121 Å². The fourth-order valence-corrected chi connectivity index (χ4v) is 2.92. The van der Waals surface area contributed by atoms with Crippen molar-refractivity contribution in [3.05, 3.63) is 16.8 Å². The average Bonchev–Trinajstić information content (AvgIpc) is 2.92. The summed E-state index contributed by atoms with van der Waals surface area (Å²) in [4.78, 5) is 4.68. The lowest BCUT2D eigenvalue weighted by atomic mass is 10.1. The lowest BCUT2D eigenvalue weighted by Crippen LogP contribution is -2.37. The summed E-state index contributed by atoms with van der Waals surface area (Å²) in [6.07, 6.45) is 1.13. The van der Waals surface area contributed by atoms with Crippen LogP contribution in [0.5, 0.6) is 0 Å². The predicted molar refractivity (Wildman–Crippen MR) is 79.8 cm³/mol. The number of aromatic nitrogens is 2. The largest absolute Gasteiger partial charge is 0.352 e. The second-order valence-corrected chi connectivity index (χ2v) is 5.33. The SMILES string of the molecule is CCN(CC)C1CCN(c2nnc(C)c(C)c2C#N)C1. The van der Waals surface area contributed by atoms with Crippen LogP contribution in [0.4, 0.5) is 5.82 Å². The quantitative estimate of drug-likeness (QED) is 0.838. The van der Waals surface area contributed by atoms with Gasteiger partial charge in [-0.25, -0.2) is 0 Å². The molecule has 0 bridgehead atoms. The van der Waals surface area contributed by atoms with E-state index in [2.05, 4.69) is 39.9 Å². The first-order chi connectivity index (χ1) is 9.62. The van der Waals surface area contributed by atoms with Gasteiger partial charge in [0.2, 0.25) is 0 Å². The van der Waals surface area contributed by atoms with Crippen LogP contribution >= 0.6 is 0 Å². The topological polar surface area (TPSA) is 56.1 Å². The summed E-state index contributed by atoms with van der Waals surface area (Å²) in [7, 11) is 0. The Morgan fingerprint density at radius 3 is 2.60 bits per heavy atom. The zero-order chi connectivity index (χ0) is 14.7. The number of hydrogen-bond donors (Lipinski definition) is 0. The van der Waals surface area contributed by atoms with Crippen LogP contribution < -0.4 is 4.90 Å². The monoisotopic (exact) mass is 273 g/mol. The van der Waals surface area contributed by atoms with Gasteiger partial charge in [-0.05, 0) is 38.9 Å². The van der Waals surface area contributed by atoms with Crippen molar-refractivity contribution < 1.29 is 0 Å². The fraction of sp³-hybridized carbons (Fsp3) is 0.667. The van der Waals surface area contributed by atoms with Crippen LogP contribution in [-0.4, -0.2) is 47.3 Å². The molecule has 20 heavy (non-hydrogen) atoms. The van der Waals surface area contributed by atoms with Crippen molar-refractivity contribution in [3.63, 3.8) is 0 Å². The zero-order valence-corrected chi connectivity index (χ0v) is 12.8. The van der Waals surface area contributed by atoms with Crippen molar-refractivity contribution in [1.82, 2.24) is 15.1 Å². The Balaban J connectivity index is 2.23. The summed E-state index contributed by atoms with van der Waals surface area (Å²) >= 11 is 0. The van der Waals surface area contributed by atoms with Crippen LogP contribution in [0, 0.1) is 25.2 Å². The first kappa shape index (κ1) is 14.7. The molecule has 1 fully saturated rings. The van der Waals surface area contributed by atoms with E-state index in [0.717, 1.165) is 49.7 Å². The number of hydrogen-bond acceptors (Lipinski definition) is 5. The third-order valence-corrected chi connectivity index (χ3v) is 4.34. The van der Waals surface area contributed by atoms with Gasteiger partial charge in [-0.15, -0.1) is 5.10 Å². The van der Waals surface area contributed by atoms with E-state index in [1.807, 2.05) is 13.8 Å². The zero-order valence-electron chi connectivity index (χ0n) is 12.8. The van der Waals surface area contributed by atoms with Gasteiger partial charge in [0.1, 0.15) is 11.6 Å². The molecule has 108 valence electrons. The number of anilines is 1. The summed E-state index contributed by atoms with van der Waals surface area (Å²) in [5.41, 5.74) is 2.46. The Kier molecular flexibility index (Phi) is 4.56. The van der Waals surface area contributed by atoms with Crippen LogP contribution in [0.3, 0.4) is 0 Å². The molecule has 0 aliphatic carbocycles. The molecule has 2 rings (SSSR count). The van der Waals surface area contributed by atoms with Gasteiger partial charge in [-0.3, -0.25) is 4.90 Å². The van der Waals surface area contributed by atoms with Gasteiger partial charge in [-0.2, -0.15) is 10.4 Å². The molecule has 0 N–H and O–H groups in total. The molecule has 1 aromatic heterocycles. The highest BCUT2D eigenvalue weighted by Gasteiger charge is 2.29. The normalized spacial score (nSPS) is 18.6. The summed E-state index contributed by atoms with van der Waals surface area (Å²) in [5.74, 6) is 0.755. The van der Waals surface area contributed by atoms with E-state index < -0.39 is 0 Å². The minimum absolute atomic E-state index is 0.556. The number of likely N-dealkylation sites (N-methyl/N-ethyl adjacent to an activating group) is 1. The number of rotatable bonds is 4. The molecule has 1 aliphatic heterocycles. The third-order valence-electron chi connectivity index (χ3n) is 4.34. The molecule has 5 nitrogen and oxygen atoms in total. The lowest BCUT2D eigenvalue weighted by Gasteiger charge is -2.26. The molecule has 0 amide bonds. The second-order valence-electron chi connectivity index (χ2n) is 5.33. The lowest BCUT2D eigenvalue weighted by molar-refractivity contribution is 0.232. The Morgan fingerprint density at radius 1 is 1.30 bits per heavy atom. The van der Waals surface area contributed by atoms with Gasteiger partial charge < -0.3 is 4.90 Å². The van der Waals surface area contributed by atoms with Crippen LogP contribution in [0.15, 0.2) is 0 Å². The van der Waals surface area contributed by atoms with Crippen LogP contribution in [0.25, 0.3) is 0 Å². The van der Waals surface area contributed by atoms with Gasteiger partial charge >= 0.3 is 0 Å². The Bertz CT molecular complexity index is 516. The molecule has 1 aromatic rings. The standard InChI is InChI=1S/C15H23N5/c1-5-19(6-2)13-7-8-20(10-13)15-14(9-16)11(3)12(4)17-18-15/h13H,5-8,10H2,1-4H3. The van der Waals surface area contributed by atoms with Crippen LogP contribution in [-0.2, 0) is 0 Å². The number of nitriles is 1. The van der Waals surface area contributed by atoms with Crippen molar-refractivity contribution >= 4 is 5.82 Å². The maximum Gasteiger partial charge on any atom is 0.169 e. The van der Waals surface area contributed by atoms with Gasteiger partial charge in [0.25, 0.3) is 0 Å². The van der Waals surface area contributed by atoms with Gasteiger partial charge in [0.05, 0.1) is 5.69 Å². The maximum atomic E-state index is 9.40. The molecule has 0 spiro atoms. The fourth-order valence-electron chi connectivity index (χ4n) is 2.92. The van der Waals surface area contributed by atoms with Crippen molar-refractivity contribution in [2.75, 3.05) is 31.1 Å². The summed E-state index contributed by atoms with van der Waals surface area (Å²) < 4.78 is 0. The molecular formula is C15H23N5.